The quantitative estimate of drug-likeness (QED) is 0.701. The number of halogens is 1. The van der Waals surface area contributed by atoms with Gasteiger partial charge in [0, 0.05) is 44.5 Å². The molecule has 1 N–H and O–H groups in total. The van der Waals surface area contributed by atoms with Crippen molar-refractivity contribution in [2.24, 2.45) is 0 Å². The lowest BCUT2D eigenvalue weighted by molar-refractivity contribution is 0.229. The molecule has 1 aromatic rings. The highest BCUT2D eigenvalue weighted by molar-refractivity contribution is 5.10. The molecule has 1 aliphatic rings. The summed E-state index contributed by atoms with van der Waals surface area (Å²) in [6.45, 7) is 4.60. The van der Waals surface area contributed by atoms with Crippen LogP contribution in [-0.2, 0) is 6.54 Å². The normalized spacial score (nSPS) is 18.4. The molecule has 0 atom stereocenters. The predicted molar refractivity (Wildman–Crippen MR) is 52.3 cm³/mol. The van der Waals surface area contributed by atoms with Gasteiger partial charge in [-0.1, -0.05) is 6.07 Å². The fourth-order valence-corrected chi connectivity index (χ4v) is 1.65. The molecular weight excluding hydrogens is 181 g/mol. The van der Waals surface area contributed by atoms with E-state index in [4.69, 9.17) is 0 Å². The minimum atomic E-state index is -0.342. The molecule has 0 radical (unpaired) electrons. The molecule has 0 amide bonds. The first-order valence-electron chi connectivity index (χ1n) is 4.89. The lowest BCUT2D eigenvalue weighted by atomic mass is 10.2. The molecule has 0 bridgehead atoms. The van der Waals surface area contributed by atoms with E-state index < -0.39 is 0 Å². The van der Waals surface area contributed by atoms with Crippen LogP contribution in [0.1, 0.15) is 5.56 Å². The smallest absolute Gasteiger partial charge is 0.217 e. The van der Waals surface area contributed by atoms with E-state index in [1.165, 1.54) is 6.20 Å². The number of nitrogens with one attached hydrogen (secondary N) is 1. The maximum atomic E-state index is 13.2. The standard InChI is InChI=1S/C10H14FN3/c11-10-9(2-1-3-13-10)8-14-6-4-12-5-7-14/h1-3,12H,4-8H2. The zero-order chi connectivity index (χ0) is 9.80. The van der Waals surface area contributed by atoms with Crippen LogP contribution in [0.3, 0.4) is 0 Å². The molecule has 2 rings (SSSR count). The largest absolute Gasteiger partial charge is 0.314 e. The van der Waals surface area contributed by atoms with Crippen LogP contribution in [-0.4, -0.2) is 36.1 Å². The lowest BCUT2D eigenvalue weighted by Crippen LogP contribution is -2.43. The van der Waals surface area contributed by atoms with E-state index in [1.807, 2.05) is 0 Å². The third-order valence-corrected chi connectivity index (χ3v) is 2.44. The molecule has 76 valence electrons. The van der Waals surface area contributed by atoms with Crippen molar-refractivity contribution in [3.05, 3.63) is 29.8 Å². The molecule has 0 spiro atoms. The Labute approximate surface area is 82.9 Å². The number of nitrogens with zero attached hydrogens (tertiary/aromatic N) is 2. The Hall–Kier alpha value is -1.00. The Bertz CT molecular complexity index is 297. The van der Waals surface area contributed by atoms with Gasteiger partial charge in [0.1, 0.15) is 0 Å². The van der Waals surface area contributed by atoms with Gasteiger partial charge in [0.15, 0.2) is 0 Å². The SMILES string of the molecule is Fc1ncccc1CN1CCNCC1. The Morgan fingerprint density at radius 2 is 2.21 bits per heavy atom. The first kappa shape index (κ1) is 9.55. The second-order valence-corrected chi connectivity index (χ2v) is 3.48. The van der Waals surface area contributed by atoms with E-state index in [0.29, 0.717) is 12.1 Å². The average Bonchev–Trinajstić information content (AvgIpc) is 2.23. The van der Waals surface area contributed by atoms with Gasteiger partial charge < -0.3 is 5.32 Å². The molecule has 0 aliphatic carbocycles. The van der Waals surface area contributed by atoms with E-state index in [-0.39, 0.29) is 5.95 Å². The molecule has 0 saturated carbocycles. The monoisotopic (exact) mass is 195 g/mol. The number of hydrogen-bond acceptors (Lipinski definition) is 3. The van der Waals surface area contributed by atoms with Gasteiger partial charge in [-0.3, -0.25) is 4.90 Å². The van der Waals surface area contributed by atoms with Crippen molar-refractivity contribution >= 4 is 0 Å². The first-order chi connectivity index (χ1) is 6.86. The summed E-state index contributed by atoms with van der Waals surface area (Å²) in [5.74, 6) is -0.342. The highest BCUT2D eigenvalue weighted by atomic mass is 19.1. The second-order valence-electron chi connectivity index (χ2n) is 3.48. The zero-order valence-electron chi connectivity index (χ0n) is 8.04. The molecule has 4 heteroatoms. The van der Waals surface area contributed by atoms with Crippen molar-refractivity contribution in [1.82, 2.24) is 15.2 Å². The van der Waals surface area contributed by atoms with Gasteiger partial charge in [-0.05, 0) is 6.07 Å². The van der Waals surface area contributed by atoms with Crippen LogP contribution in [0.4, 0.5) is 4.39 Å². The van der Waals surface area contributed by atoms with Crippen LogP contribution >= 0.6 is 0 Å². The van der Waals surface area contributed by atoms with Crippen molar-refractivity contribution in [1.29, 1.82) is 0 Å². The average molecular weight is 195 g/mol. The van der Waals surface area contributed by atoms with Gasteiger partial charge in [0.05, 0.1) is 0 Å². The zero-order valence-corrected chi connectivity index (χ0v) is 8.04. The topological polar surface area (TPSA) is 28.2 Å². The molecule has 0 unspecified atom stereocenters. The van der Waals surface area contributed by atoms with Crippen molar-refractivity contribution < 1.29 is 4.39 Å². The van der Waals surface area contributed by atoms with Gasteiger partial charge in [0.25, 0.3) is 0 Å². The van der Waals surface area contributed by atoms with Gasteiger partial charge in [-0.2, -0.15) is 4.39 Å². The van der Waals surface area contributed by atoms with Gasteiger partial charge in [0.2, 0.25) is 5.95 Å². The van der Waals surface area contributed by atoms with Crippen molar-refractivity contribution in [3.63, 3.8) is 0 Å². The molecule has 1 saturated heterocycles. The predicted octanol–water partition coefficient (Wildman–Crippen LogP) is 0.626. The van der Waals surface area contributed by atoms with Crippen molar-refractivity contribution in [2.45, 2.75) is 6.54 Å². The molecule has 1 aromatic heterocycles. The van der Waals surface area contributed by atoms with Gasteiger partial charge in [-0.15, -0.1) is 0 Å². The Kier molecular flexibility index (Phi) is 3.06. The van der Waals surface area contributed by atoms with Crippen LogP contribution in [0.15, 0.2) is 18.3 Å². The van der Waals surface area contributed by atoms with Crippen LogP contribution in [0.5, 0.6) is 0 Å². The number of piperazine rings is 1. The van der Waals surface area contributed by atoms with E-state index in [2.05, 4.69) is 15.2 Å². The summed E-state index contributed by atoms with van der Waals surface area (Å²) in [6.07, 6.45) is 1.48. The van der Waals surface area contributed by atoms with Crippen LogP contribution in [0, 0.1) is 5.95 Å². The van der Waals surface area contributed by atoms with Crippen molar-refractivity contribution in [2.75, 3.05) is 26.2 Å². The third-order valence-electron chi connectivity index (χ3n) is 2.44. The lowest BCUT2D eigenvalue weighted by Gasteiger charge is -2.27. The fraction of sp³-hybridized carbons (Fsp3) is 0.500. The summed E-state index contributed by atoms with van der Waals surface area (Å²) in [6, 6.07) is 3.57. The number of rotatable bonds is 2. The van der Waals surface area contributed by atoms with Crippen LogP contribution < -0.4 is 5.32 Å². The first-order valence-corrected chi connectivity index (χ1v) is 4.89. The number of pyridine rings is 1. The molecule has 3 nitrogen and oxygen atoms in total. The molecule has 2 heterocycles. The summed E-state index contributed by atoms with van der Waals surface area (Å²) in [5.41, 5.74) is 0.689. The fourth-order valence-electron chi connectivity index (χ4n) is 1.65. The Morgan fingerprint density at radius 1 is 1.43 bits per heavy atom. The van der Waals surface area contributed by atoms with E-state index in [0.717, 1.165) is 26.2 Å². The van der Waals surface area contributed by atoms with E-state index in [1.54, 1.807) is 12.1 Å². The number of hydrogen-bond donors (Lipinski definition) is 1. The molecular formula is C10H14FN3. The van der Waals surface area contributed by atoms with Gasteiger partial charge >= 0.3 is 0 Å². The molecule has 1 aliphatic heterocycles. The highest BCUT2D eigenvalue weighted by Gasteiger charge is 2.11. The summed E-state index contributed by atoms with van der Waals surface area (Å²) in [7, 11) is 0. The third kappa shape index (κ3) is 2.27. The molecule has 14 heavy (non-hydrogen) atoms. The minimum absolute atomic E-state index is 0.342. The second kappa shape index (κ2) is 4.48. The van der Waals surface area contributed by atoms with Crippen molar-refractivity contribution in [3.8, 4) is 0 Å². The van der Waals surface area contributed by atoms with E-state index >= 15 is 0 Å². The summed E-state index contributed by atoms with van der Waals surface area (Å²) in [4.78, 5) is 5.87. The maximum absolute atomic E-state index is 13.2. The Morgan fingerprint density at radius 3 is 2.93 bits per heavy atom. The minimum Gasteiger partial charge on any atom is -0.314 e. The highest BCUT2D eigenvalue weighted by Crippen LogP contribution is 2.07. The Balaban J connectivity index is 1.99. The summed E-state index contributed by atoms with van der Waals surface area (Å²) < 4.78 is 13.2. The summed E-state index contributed by atoms with van der Waals surface area (Å²) in [5, 5.41) is 3.26. The number of aromatic nitrogens is 1. The van der Waals surface area contributed by atoms with Gasteiger partial charge in [-0.25, -0.2) is 4.98 Å². The van der Waals surface area contributed by atoms with E-state index in [9.17, 15) is 4.39 Å². The summed E-state index contributed by atoms with van der Waals surface area (Å²) >= 11 is 0. The molecule has 1 fully saturated rings. The van der Waals surface area contributed by atoms with Crippen LogP contribution in [0.25, 0.3) is 0 Å². The maximum Gasteiger partial charge on any atom is 0.217 e. The molecule has 0 aromatic carbocycles. The van der Waals surface area contributed by atoms with Crippen LogP contribution in [0.2, 0.25) is 0 Å².